The third-order valence-electron chi connectivity index (χ3n) is 5.61. The van der Waals surface area contributed by atoms with Gasteiger partial charge in [0, 0.05) is 31.1 Å². The lowest BCUT2D eigenvalue weighted by Crippen LogP contribution is -2.41. The molecule has 0 unspecified atom stereocenters. The largest absolute Gasteiger partial charge is 0.504 e. The highest BCUT2D eigenvalue weighted by atomic mass is 35.5. The lowest BCUT2D eigenvalue weighted by atomic mass is 9.99. The molecule has 0 radical (unpaired) electrons. The summed E-state index contributed by atoms with van der Waals surface area (Å²) < 4.78 is 45.3. The monoisotopic (exact) mass is 503 g/mol. The minimum absolute atomic E-state index is 0.192. The molecule has 1 atom stereocenters. The molecule has 1 aliphatic rings. The Hall–Kier alpha value is -4.20. The van der Waals surface area contributed by atoms with E-state index in [2.05, 4.69) is 30.4 Å². The van der Waals surface area contributed by atoms with E-state index in [0.717, 1.165) is 18.0 Å². The van der Waals surface area contributed by atoms with Crippen LogP contribution < -0.4 is 0 Å². The highest BCUT2D eigenvalue weighted by molar-refractivity contribution is 6.33. The van der Waals surface area contributed by atoms with Crippen LogP contribution >= 0.6 is 11.6 Å². The van der Waals surface area contributed by atoms with Crippen molar-refractivity contribution in [3.8, 4) is 11.6 Å². The Morgan fingerprint density at radius 2 is 2.06 bits per heavy atom. The van der Waals surface area contributed by atoms with Gasteiger partial charge in [-0.15, -0.1) is 23.4 Å². The van der Waals surface area contributed by atoms with Crippen molar-refractivity contribution in [1.82, 2.24) is 44.5 Å². The normalized spacial score (nSPS) is 16.1. The highest BCUT2D eigenvalue weighted by Gasteiger charge is 2.38. The Labute approximate surface area is 198 Å². The molecule has 5 aromatic heterocycles. The third-order valence-corrected chi connectivity index (χ3v) is 5.93. The Kier molecular flexibility index (Phi) is 4.67. The first kappa shape index (κ1) is 21.3. The Balaban J connectivity index is 1.37. The Bertz CT molecular complexity index is 1570. The fraction of sp³-hybridized carbons (Fsp3) is 0.200. The van der Waals surface area contributed by atoms with E-state index in [4.69, 9.17) is 16.0 Å². The summed E-state index contributed by atoms with van der Waals surface area (Å²) in [7, 11) is 0. The molecule has 0 aromatic carbocycles. The molecule has 0 saturated heterocycles. The number of nitrogens with zero attached hydrogens (tertiary/aromatic N) is 8. The maximum absolute atomic E-state index is 13.4. The van der Waals surface area contributed by atoms with Gasteiger partial charge in [-0.1, -0.05) is 11.6 Å². The van der Waals surface area contributed by atoms with Gasteiger partial charge in [0.15, 0.2) is 0 Å². The van der Waals surface area contributed by atoms with Gasteiger partial charge in [0.25, 0.3) is 5.89 Å². The minimum Gasteiger partial charge on any atom is -0.411 e. The average molecular weight is 504 g/mol. The Morgan fingerprint density at radius 3 is 2.83 bits per heavy atom. The molecular weight excluding hydrogens is 491 g/mol. The van der Waals surface area contributed by atoms with Gasteiger partial charge in [-0.05, 0) is 24.3 Å². The van der Waals surface area contributed by atoms with E-state index in [1.807, 2.05) is 0 Å². The quantitative estimate of drug-likeness (QED) is 0.401. The van der Waals surface area contributed by atoms with Crippen LogP contribution in [0.1, 0.15) is 33.8 Å². The lowest BCUT2D eigenvalue weighted by Gasteiger charge is -2.32. The summed E-state index contributed by atoms with van der Waals surface area (Å²) in [5.74, 6) is -1.34. The molecule has 1 amide bonds. The van der Waals surface area contributed by atoms with Crippen LogP contribution in [0.15, 0.2) is 47.4 Å². The van der Waals surface area contributed by atoms with E-state index < -0.39 is 24.1 Å². The number of carbonyl (C=O) groups is 1. The number of amides is 1. The van der Waals surface area contributed by atoms with Crippen molar-refractivity contribution in [2.24, 2.45) is 0 Å². The zero-order valence-corrected chi connectivity index (χ0v) is 18.2. The number of H-pyrrole nitrogens is 1. The lowest BCUT2D eigenvalue weighted by molar-refractivity contribution is -0.212. The second kappa shape index (κ2) is 7.66. The molecule has 178 valence electrons. The molecule has 6 rings (SSSR count). The Morgan fingerprint density at radius 1 is 1.20 bits per heavy atom. The van der Waals surface area contributed by atoms with E-state index >= 15 is 0 Å². The van der Waals surface area contributed by atoms with Gasteiger partial charge in [0.1, 0.15) is 11.7 Å². The molecule has 1 aliphatic heterocycles. The zero-order valence-electron chi connectivity index (χ0n) is 17.4. The number of alkyl halides is 3. The van der Waals surface area contributed by atoms with Crippen LogP contribution in [-0.4, -0.2) is 56.9 Å². The number of pyridine rings is 1. The first-order valence-corrected chi connectivity index (χ1v) is 10.6. The van der Waals surface area contributed by atoms with Gasteiger partial charge in [0.05, 0.1) is 28.3 Å². The molecule has 15 heteroatoms. The van der Waals surface area contributed by atoms with Gasteiger partial charge in [-0.3, -0.25) is 4.79 Å². The molecule has 0 bridgehead atoms. The maximum Gasteiger partial charge on any atom is 0.504 e. The topological polar surface area (TPSA) is 123 Å². The standard InChI is InChI=1S/C20H13ClF3N9O2/c21-10-2-1-5-32-14(10)8-13(29-32)16-15-11(25-9-26-15)3-6-31(16)19(34)18-28-27-17(35-18)12-4-7-33(30-12)20(22,23)24/h1-2,4-5,7-9,16H,3,6H2,(H,25,26)/t16-/m0/s1. The molecule has 6 heterocycles. The number of carbonyl (C=O) groups excluding carboxylic acids is 1. The number of aromatic nitrogens is 8. The van der Waals surface area contributed by atoms with Crippen molar-refractivity contribution in [1.29, 1.82) is 0 Å². The van der Waals surface area contributed by atoms with Crippen LogP contribution in [0.5, 0.6) is 0 Å². The number of aromatic amines is 1. The summed E-state index contributed by atoms with van der Waals surface area (Å²) in [6, 6.07) is 5.62. The van der Waals surface area contributed by atoms with E-state index in [-0.39, 0.29) is 22.8 Å². The third kappa shape index (κ3) is 3.53. The van der Waals surface area contributed by atoms with Crippen LogP contribution in [0, 0.1) is 0 Å². The van der Waals surface area contributed by atoms with E-state index in [0.29, 0.717) is 28.3 Å². The van der Waals surface area contributed by atoms with Gasteiger partial charge in [-0.25, -0.2) is 9.50 Å². The van der Waals surface area contributed by atoms with Crippen molar-refractivity contribution in [2.75, 3.05) is 6.54 Å². The van der Waals surface area contributed by atoms with Crippen molar-refractivity contribution in [2.45, 2.75) is 18.8 Å². The van der Waals surface area contributed by atoms with Crippen LogP contribution in [0.2, 0.25) is 5.02 Å². The number of hydrogen-bond donors (Lipinski definition) is 1. The van der Waals surface area contributed by atoms with Crippen molar-refractivity contribution in [3.63, 3.8) is 0 Å². The number of imidazole rings is 1. The molecule has 0 aliphatic carbocycles. The molecule has 11 nitrogen and oxygen atoms in total. The smallest absolute Gasteiger partial charge is 0.411 e. The van der Waals surface area contributed by atoms with Crippen LogP contribution in [0.3, 0.4) is 0 Å². The number of nitrogens with one attached hydrogen (secondary N) is 1. The van der Waals surface area contributed by atoms with Crippen molar-refractivity contribution in [3.05, 3.63) is 71.0 Å². The summed E-state index contributed by atoms with van der Waals surface area (Å²) in [6.07, 6.45) is -0.222. The molecule has 5 aromatic rings. The molecule has 0 fully saturated rings. The summed E-state index contributed by atoms with van der Waals surface area (Å²) in [5, 5.41) is 15.9. The maximum atomic E-state index is 13.4. The average Bonchev–Trinajstić information content (AvgIpc) is 3.62. The van der Waals surface area contributed by atoms with Crippen molar-refractivity contribution >= 4 is 23.0 Å². The van der Waals surface area contributed by atoms with Gasteiger partial charge >= 0.3 is 18.1 Å². The molecule has 1 N–H and O–H groups in total. The molecule has 0 spiro atoms. The zero-order chi connectivity index (χ0) is 24.3. The van der Waals surface area contributed by atoms with E-state index in [1.165, 1.54) is 11.2 Å². The van der Waals surface area contributed by atoms with Crippen LogP contribution in [0.25, 0.3) is 17.1 Å². The van der Waals surface area contributed by atoms with Gasteiger partial charge < -0.3 is 14.3 Å². The second-order valence-corrected chi connectivity index (χ2v) is 8.11. The van der Waals surface area contributed by atoms with Crippen molar-refractivity contribution < 1.29 is 22.4 Å². The first-order chi connectivity index (χ1) is 16.8. The predicted molar refractivity (Wildman–Crippen MR) is 112 cm³/mol. The number of hydrogen-bond acceptors (Lipinski definition) is 7. The van der Waals surface area contributed by atoms with Crippen LogP contribution in [-0.2, 0) is 12.7 Å². The summed E-state index contributed by atoms with van der Waals surface area (Å²) in [4.78, 5) is 22.4. The van der Waals surface area contributed by atoms with Crippen LogP contribution in [0.4, 0.5) is 13.2 Å². The number of halogens is 4. The van der Waals surface area contributed by atoms with E-state index in [1.54, 1.807) is 28.9 Å². The van der Waals surface area contributed by atoms with Gasteiger partial charge in [0.2, 0.25) is 0 Å². The fourth-order valence-corrected chi connectivity index (χ4v) is 4.26. The SMILES string of the molecule is O=C(c1nnc(-c2ccn(C(F)(F)F)n2)o1)N1CCc2[nH]cnc2[C@@H]1c1cc2c(Cl)cccn2n1. The minimum atomic E-state index is -4.70. The molecule has 0 saturated carbocycles. The number of rotatable bonds is 3. The number of fused-ring (bicyclic) bond motifs is 2. The van der Waals surface area contributed by atoms with Gasteiger partial charge in [-0.2, -0.15) is 14.9 Å². The highest BCUT2D eigenvalue weighted by Crippen LogP contribution is 2.35. The molecular formula is C20H13ClF3N9O2. The van der Waals surface area contributed by atoms with E-state index in [9.17, 15) is 18.0 Å². The fourth-order valence-electron chi connectivity index (χ4n) is 4.04. The summed E-state index contributed by atoms with van der Waals surface area (Å²) >= 11 is 6.30. The summed E-state index contributed by atoms with van der Waals surface area (Å²) in [5.41, 5.74) is 2.41. The predicted octanol–water partition coefficient (Wildman–Crippen LogP) is 3.22. The summed E-state index contributed by atoms with van der Waals surface area (Å²) in [6.45, 7) is 0.278. The first-order valence-electron chi connectivity index (χ1n) is 10.2. The molecule has 35 heavy (non-hydrogen) atoms. The second-order valence-electron chi connectivity index (χ2n) is 7.70.